The summed E-state index contributed by atoms with van der Waals surface area (Å²) in [5.41, 5.74) is 0.723. The second-order valence-corrected chi connectivity index (χ2v) is 6.47. The normalized spacial score (nSPS) is 29.6. The summed E-state index contributed by atoms with van der Waals surface area (Å²) >= 11 is 0. The van der Waals surface area contributed by atoms with Crippen LogP contribution in [0.15, 0.2) is 18.2 Å². The Hall–Kier alpha value is -1.09. The van der Waals surface area contributed by atoms with Crippen LogP contribution in [0.25, 0.3) is 0 Å². The lowest BCUT2D eigenvalue weighted by atomic mass is 9.84. The van der Waals surface area contributed by atoms with Crippen molar-refractivity contribution in [2.45, 2.75) is 45.2 Å². The van der Waals surface area contributed by atoms with Crippen LogP contribution in [0, 0.1) is 23.6 Å². The molecule has 1 aromatic carbocycles. The number of nitrogens with one attached hydrogen (secondary N) is 1. The van der Waals surface area contributed by atoms with Crippen molar-refractivity contribution in [3.05, 3.63) is 29.6 Å². The fourth-order valence-corrected chi connectivity index (χ4v) is 4.13. The van der Waals surface area contributed by atoms with Crippen LogP contribution in [-0.2, 0) is 6.54 Å². The van der Waals surface area contributed by atoms with Gasteiger partial charge in [0.15, 0.2) is 0 Å². The lowest BCUT2D eigenvalue weighted by molar-refractivity contribution is 0.259. The van der Waals surface area contributed by atoms with Gasteiger partial charge >= 0.3 is 0 Å². The molecule has 2 bridgehead atoms. The van der Waals surface area contributed by atoms with Gasteiger partial charge in [-0.3, -0.25) is 0 Å². The molecule has 3 rings (SSSR count). The van der Waals surface area contributed by atoms with E-state index in [2.05, 4.69) is 12.2 Å². The van der Waals surface area contributed by atoms with Gasteiger partial charge in [0.1, 0.15) is 11.6 Å². The summed E-state index contributed by atoms with van der Waals surface area (Å²) in [6.45, 7) is 2.86. The Kier molecular flexibility index (Phi) is 3.97. The van der Waals surface area contributed by atoms with Crippen LogP contribution in [-0.4, -0.2) is 13.2 Å². The predicted octanol–water partition coefficient (Wildman–Crippen LogP) is 3.75. The minimum Gasteiger partial charge on any atom is -0.497 e. The van der Waals surface area contributed by atoms with Gasteiger partial charge in [-0.25, -0.2) is 4.39 Å². The largest absolute Gasteiger partial charge is 0.497 e. The maximum Gasteiger partial charge on any atom is 0.131 e. The van der Waals surface area contributed by atoms with Gasteiger partial charge in [-0.1, -0.05) is 12.5 Å². The maximum absolute atomic E-state index is 13.9. The fraction of sp³-hybridized carbons (Fsp3) is 0.647. The van der Waals surface area contributed by atoms with E-state index in [4.69, 9.17) is 4.74 Å². The molecular weight excluding hydrogens is 253 g/mol. The van der Waals surface area contributed by atoms with Gasteiger partial charge < -0.3 is 10.1 Å². The van der Waals surface area contributed by atoms with Gasteiger partial charge in [0.05, 0.1) is 7.11 Å². The Morgan fingerprint density at radius 1 is 1.35 bits per heavy atom. The molecule has 2 saturated carbocycles. The first kappa shape index (κ1) is 13.9. The molecule has 0 radical (unpaired) electrons. The Morgan fingerprint density at radius 2 is 2.20 bits per heavy atom. The minimum atomic E-state index is -0.183. The first-order valence-corrected chi connectivity index (χ1v) is 7.73. The molecule has 2 fully saturated rings. The number of benzene rings is 1. The van der Waals surface area contributed by atoms with E-state index < -0.39 is 0 Å². The molecule has 2 aliphatic rings. The summed E-state index contributed by atoms with van der Waals surface area (Å²) in [5, 5.41) is 3.52. The molecule has 4 unspecified atom stereocenters. The van der Waals surface area contributed by atoms with E-state index in [1.807, 2.05) is 12.1 Å². The molecule has 1 aromatic rings. The van der Waals surface area contributed by atoms with Crippen LogP contribution >= 0.6 is 0 Å². The summed E-state index contributed by atoms with van der Waals surface area (Å²) in [7, 11) is 1.56. The summed E-state index contributed by atoms with van der Waals surface area (Å²) in [6, 6.07) is 5.57. The van der Waals surface area contributed by atoms with Crippen LogP contribution in [0.1, 0.15) is 38.2 Å². The third-order valence-electron chi connectivity index (χ3n) is 5.31. The van der Waals surface area contributed by atoms with E-state index in [0.29, 0.717) is 18.3 Å². The van der Waals surface area contributed by atoms with Gasteiger partial charge in [0.25, 0.3) is 0 Å². The predicted molar refractivity (Wildman–Crippen MR) is 78.2 cm³/mol. The lowest BCUT2D eigenvalue weighted by Gasteiger charge is -2.28. The number of hydrogen-bond donors (Lipinski definition) is 1. The Morgan fingerprint density at radius 3 is 2.80 bits per heavy atom. The van der Waals surface area contributed by atoms with Gasteiger partial charge in [0, 0.05) is 24.2 Å². The zero-order chi connectivity index (χ0) is 14.1. The first-order chi connectivity index (χ1) is 9.67. The van der Waals surface area contributed by atoms with Crippen molar-refractivity contribution in [1.82, 2.24) is 5.32 Å². The molecule has 4 atom stereocenters. The van der Waals surface area contributed by atoms with Gasteiger partial charge in [-0.2, -0.15) is 0 Å². The Bertz CT molecular complexity index is 476. The van der Waals surface area contributed by atoms with E-state index in [1.54, 1.807) is 7.11 Å². The fourth-order valence-electron chi connectivity index (χ4n) is 4.13. The molecular formula is C17H24FNO. The molecule has 0 aliphatic heterocycles. The molecule has 2 nitrogen and oxygen atoms in total. The Balaban J connectivity index is 1.56. The van der Waals surface area contributed by atoms with Crippen molar-refractivity contribution in [2.75, 3.05) is 7.11 Å². The quantitative estimate of drug-likeness (QED) is 0.885. The Labute approximate surface area is 120 Å². The first-order valence-electron chi connectivity index (χ1n) is 7.73. The summed E-state index contributed by atoms with van der Waals surface area (Å²) in [6.07, 6.45) is 5.62. The summed E-state index contributed by atoms with van der Waals surface area (Å²) < 4.78 is 18.9. The van der Waals surface area contributed by atoms with Crippen molar-refractivity contribution >= 4 is 0 Å². The topological polar surface area (TPSA) is 21.3 Å². The molecule has 20 heavy (non-hydrogen) atoms. The summed E-state index contributed by atoms with van der Waals surface area (Å²) in [5.74, 6) is 3.05. The SMILES string of the molecule is COc1ccc(CNC(C)C2CC3CCC2C3)c(F)c1. The molecule has 0 aromatic heterocycles. The van der Waals surface area contributed by atoms with E-state index in [0.717, 1.165) is 23.3 Å². The smallest absolute Gasteiger partial charge is 0.131 e. The third kappa shape index (κ3) is 2.69. The van der Waals surface area contributed by atoms with E-state index in [9.17, 15) is 4.39 Å². The average Bonchev–Trinajstić information content (AvgIpc) is 3.08. The van der Waals surface area contributed by atoms with Crippen molar-refractivity contribution in [3.8, 4) is 5.75 Å². The molecule has 2 aliphatic carbocycles. The number of rotatable bonds is 5. The standard InChI is InChI=1S/C17H24FNO/c1-11(16-8-12-3-4-13(16)7-12)19-10-14-5-6-15(20-2)9-17(14)18/h5-6,9,11-13,16,19H,3-4,7-8,10H2,1-2H3. The lowest BCUT2D eigenvalue weighted by Crippen LogP contribution is -2.36. The molecule has 110 valence electrons. The van der Waals surface area contributed by atoms with Crippen LogP contribution in [0.2, 0.25) is 0 Å². The highest BCUT2D eigenvalue weighted by Gasteiger charge is 2.41. The van der Waals surface area contributed by atoms with Crippen LogP contribution in [0.3, 0.4) is 0 Å². The van der Waals surface area contributed by atoms with Crippen LogP contribution < -0.4 is 10.1 Å². The number of halogens is 1. The van der Waals surface area contributed by atoms with Crippen molar-refractivity contribution in [3.63, 3.8) is 0 Å². The second-order valence-electron chi connectivity index (χ2n) is 6.47. The molecule has 0 heterocycles. The number of ether oxygens (including phenoxy) is 1. The maximum atomic E-state index is 13.9. The molecule has 0 amide bonds. The minimum absolute atomic E-state index is 0.183. The van der Waals surface area contributed by atoms with Gasteiger partial charge in [-0.15, -0.1) is 0 Å². The highest BCUT2D eigenvalue weighted by Crippen LogP contribution is 2.49. The molecule has 1 N–H and O–H groups in total. The van der Waals surface area contributed by atoms with Gasteiger partial charge in [-0.05, 0) is 50.0 Å². The average molecular weight is 277 g/mol. The summed E-state index contributed by atoms with van der Waals surface area (Å²) in [4.78, 5) is 0. The zero-order valence-electron chi connectivity index (χ0n) is 12.4. The monoisotopic (exact) mass is 277 g/mol. The third-order valence-corrected chi connectivity index (χ3v) is 5.31. The highest BCUT2D eigenvalue weighted by atomic mass is 19.1. The number of methoxy groups -OCH3 is 1. The highest BCUT2D eigenvalue weighted by molar-refractivity contribution is 5.28. The molecule has 3 heteroatoms. The van der Waals surface area contributed by atoms with E-state index >= 15 is 0 Å². The molecule has 0 saturated heterocycles. The van der Waals surface area contributed by atoms with Crippen molar-refractivity contribution < 1.29 is 9.13 Å². The van der Waals surface area contributed by atoms with E-state index in [1.165, 1.54) is 31.7 Å². The second kappa shape index (κ2) is 5.72. The van der Waals surface area contributed by atoms with Crippen molar-refractivity contribution in [1.29, 1.82) is 0 Å². The number of hydrogen-bond acceptors (Lipinski definition) is 2. The van der Waals surface area contributed by atoms with Gasteiger partial charge in [0.2, 0.25) is 0 Å². The van der Waals surface area contributed by atoms with Crippen molar-refractivity contribution in [2.24, 2.45) is 17.8 Å². The number of fused-ring (bicyclic) bond motifs is 2. The zero-order valence-corrected chi connectivity index (χ0v) is 12.4. The van der Waals surface area contributed by atoms with Crippen LogP contribution in [0.5, 0.6) is 5.75 Å². The van der Waals surface area contributed by atoms with Crippen LogP contribution in [0.4, 0.5) is 4.39 Å². The van der Waals surface area contributed by atoms with E-state index in [-0.39, 0.29) is 5.82 Å². The molecule has 0 spiro atoms.